The Morgan fingerprint density at radius 1 is 1.56 bits per heavy atom. The summed E-state index contributed by atoms with van der Waals surface area (Å²) in [6, 6.07) is 4.38. The van der Waals surface area contributed by atoms with E-state index in [0.29, 0.717) is 23.5 Å². The molecule has 0 radical (unpaired) electrons. The zero-order chi connectivity index (χ0) is 13.1. The number of hydrogen-bond donors (Lipinski definition) is 2. The Labute approximate surface area is 104 Å². The number of aliphatic hydroxyl groups excluding tert-OH is 1. The molecular formula is C12H16FN3O2. The second kappa shape index (κ2) is 5.32. The number of nitrogens with zero attached hydrogens (tertiary/aromatic N) is 2. The number of benzene rings is 1. The van der Waals surface area contributed by atoms with Gasteiger partial charge >= 0.3 is 0 Å². The van der Waals surface area contributed by atoms with Gasteiger partial charge in [0.05, 0.1) is 23.7 Å². The molecule has 1 aromatic heterocycles. The number of rotatable bonds is 5. The van der Waals surface area contributed by atoms with Gasteiger partial charge in [0.1, 0.15) is 5.82 Å². The molecule has 0 aliphatic carbocycles. The van der Waals surface area contributed by atoms with Crippen molar-refractivity contribution in [1.29, 1.82) is 0 Å². The number of likely N-dealkylation sites (N-methyl/N-ethyl adjacent to an activating group) is 1. The summed E-state index contributed by atoms with van der Waals surface area (Å²) in [7, 11) is 3.33. The molecule has 1 heterocycles. The highest BCUT2D eigenvalue weighted by molar-refractivity contribution is 5.77. The number of anilines is 1. The molecule has 0 fully saturated rings. The van der Waals surface area contributed by atoms with Gasteiger partial charge in [0.25, 0.3) is 0 Å². The third-order valence-electron chi connectivity index (χ3n) is 2.64. The van der Waals surface area contributed by atoms with Crippen molar-refractivity contribution in [2.45, 2.75) is 6.10 Å². The Hall–Kier alpha value is -1.66. The van der Waals surface area contributed by atoms with Crippen LogP contribution in [0.3, 0.4) is 0 Å². The summed E-state index contributed by atoms with van der Waals surface area (Å²) in [4.78, 5) is 9.09. The number of aliphatic hydroxyl groups is 1. The van der Waals surface area contributed by atoms with Crippen LogP contribution in [-0.4, -0.2) is 48.5 Å². The number of aromatic nitrogens is 2. The first-order valence-electron chi connectivity index (χ1n) is 5.63. The third kappa shape index (κ3) is 2.77. The predicted octanol–water partition coefficient (Wildman–Crippen LogP) is 1.15. The van der Waals surface area contributed by atoms with Gasteiger partial charge in [-0.15, -0.1) is 0 Å². The Balaban J connectivity index is 2.15. The summed E-state index contributed by atoms with van der Waals surface area (Å²) >= 11 is 0. The molecule has 1 aromatic carbocycles. The summed E-state index contributed by atoms with van der Waals surface area (Å²) in [5, 5.41) is 9.63. The second-order valence-electron chi connectivity index (χ2n) is 4.21. The molecule has 6 heteroatoms. The first kappa shape index (κ1) is 12.8. The van der Waals surface area contributed by atoms with Gasteiger partial charge < -0.3 is 19.7 Å². The van der Waals surface area contributed by atoms with E-state index in [4.69, 9.17) is 4.74 Å². The van der Waals surface area contributed by atoms with Gasteiger partial charge in [-0.3, -0.25) is 0 Å². The highest BCUT2D eigenvalue weighted by Gasteiger charge is 2.12. The number of H-pyrrole nitrogens is 1. The summed E-state index contributed by atoms with van der Waals surface area (Å²) in [6.45, 7) is 0.648. The summed E-state index contributed by atoms with van der Waals surface area (Å²) in [5.41, 5.74) is 1.33. The molecule has 0 aliphatic heterocycles. The molecular weight excluding hydrogens is 237 g/mol. The van der Waals surface area contributed by atoms with Crippen LogP contribution in [0.1, 0.15) is 0 Å². The minimum atomic E-state index is -0.593. The molecule has 98 valence electrons. The van der Waals surface area contributed by atoms with Crippen molar-refractivity contribution in [1.82, 2.24) is 9.97 Å². The van der Waals surface area contributed by atoms with Gasteiger partial charge in [0.2, 0.25) is 5.95 Å². The van der Waals surface area contributed by atoms with Crippen LogP contribution in [0, 0.1) is 5.82 Å². The molecule has 5 nitrogen and oxygen atoms in total. The first-order valence-corrected chi connectivity index (χ1v) is 5.63. The Bertz CT molecular complexity index is 529. The average molecular weight is 253 g/mol. The van der Waals surface area contributed by atoms with Gasteiger partial charge in [-0.25, -0.2) is 9.37 Å². The summed E-state index contributed by atoms with van der Waals surface area (Å²) < 4.78 is 17.9. The number of imidazole rings is 1. The lowest BCUT2D eigenvalue weighted by molar-refractivity contribution is 0.0693. The number of nitrogens with one attached hydrogen (secondary N) is 1. The Morgan fingerprint density at radius 3 is 3.06 bits per heavy atom. The molecule has 0 bridgehead atoms. The van der Waals surface area contributed by atoms with Crippen LogP contribution in [0.4, 0.5) is 10.3 Å². The normalized spacial score (nSPS) is 12.9. The molecule has 2 N–H and O–H groups in total. The van der Waals surface area contributed by atoms with Crippen LogP contribution in [0.15, 0.2) is 18.2 Å². The molecule has 0 aliphatic rings. The SMILES string of the molecule is COCC(O)CN(C)c1nc2ccc(F)cc2[nH]1. The monoisotopic (exact) mass is 253 g/mol. The number of hydrogen-bond acceptors (Lipinski definition) is 4. The van der Waals surface area contributed by atoms with Crippen molar-refractivity contribution in [2.24, 2.45) is 0 Å². The molecule has 0 saturated heterocycles. The van der Waals surface area contributed by atoms with E-state index in [1.807, 2.05) is 0 Å². The maximum Gasteiger partial charge on any atom is 0.203 e. The molecule has 2 rings (SSSR count). The lowest BCUT2D eigenvalue weighted by Gasteiger charge is -2.19. The van der Waals surface area contributed by atoms with E-state index in [1.165, 1.54) is 19.2 Å². The molecule has 1 unspecified atom stereocenters. The van der Waals surface area contributed by atoms with E-state index < -0.39 is 6.10 Å². The van der Waals surface area contributed by atoms with E-state index in [1.54, 1.807) is 18.0 Å². The summed E-state index contributed by atoms with van der Waals surface area (Å²) in [6.07, 6.45) is -0.593. The first-order chi connectivity index (χ1) is 8.60. The lowest BCUT2D eigenvalue weighted by atomic mass is 10.3. The van der Waals surface area contributed by atoms with Gasteiger partial charge in [0, 0.05) is 20.7 Å². The second-order valence-corrected chi connectivity index (χ2v) is 4.21. The quantitative estimate of drug-likeness (QED) is 0.839. The number of aromatic amines is 1. The van der Waals surface area contributed by atoms with Crippen LogP contribution < -0.4 is 4.90 Å². The van der Waals surface area contributed by atoms with Crippen molar-refractivity contribution in [3.05, 3.63) is 24.0 Å². The molecule has 0 amide bonds. The van der Waals surface area contributed by atoms with Crippen molar-refractivity contribution >= 4 is 17.0 Å². The topological polar surface area (TPSA) is 61.4 Å². The van der Waals surface area contributed by atoms with Gasteiger partial charge in [-0.2, -0.15) is 0 Å². The van der Waals surface area contributed by atoms with E-state index in [2.05, 4.69) is 9.97 Å². The fourth-order valence-corrected chi connectivity index (χ4v) is 1.80. The molecule has 0 saturated carbocycles. The fraction of sp³-hybridized carbons (Fsp3) is 0.417. The molecule has 18 heavy (non-hydrogen) atoms. The predicted molar refractivity (Wildman–Crippen MR) is 67.2 cm³/mol. The van der Waals surface area contributed by atoms with Crippen LogP contribution in [-0.2, 0) is 4.74 Å². The number of ether oxygens (including phenoxy) is 1. The van der Waals surface area contributed by atoms with Gasteiger partial charge in [-0.05, 0) is 18.2 Å². The zero-order valence-corrected chi connectivity index (χ0v) is 10.4. The molecule has 2 aromatic rings. The zero-order valence-electron chi connectivity index (χ0n) is 10.4. The number of methoxy groups -OCH3 is 1. The van der Waals surface area contributed by atoms with Crippen molar-refractivity contribution in [3.8, 4) is 0 Å². The standard InChI is InChI=1S/C12H16FN3O2/c1-16(6-9(17)7-18-2)12-14-10-4-3-8(13)5-11(10)15-12/h3-5,9,17H,6-7H2,1-2H3,(H,14,15). The van der Waals surface area contributed by atoms with E-state index in [-0.39, 0.29) is 12.4 Å². The van der Waals surface area contributed by atoms with Gasteiger partial charge in [0.15, 0.2) is 0 Å². The van der Waals surface area contributed by atoms with Crippen LogP contribution in [0.25, 0.3) is 11.0 Å². The largest absolute Gasteiger partial charge is 0.389 e. The molecule has 1 atom stereocenters. The maximum absolute atomic E-state index is 13.0. The minimum Gasteiger partial charge on any atom is -0.389 e. The summed E-state index contributed by atoms with van der Waals surface area (Å²) in [5.74, 6) is 0.283. The minimum absolute atomic E-state index is 0.263. The highest BCUT2D eigenvalue weighted by Crippen LogP contribution is 2.17. The fourth-order valence-electron chi connectivity index (χ4n) is 1.80. The highest BCUT2D eigenvalue weighted by atomic mass is 19.1. The number of fused-ring (bicyclic) bond motifs is 1. The van der Waals surface area contributed by atoms with E-state index in [0.717, 1.165) is 0 Å². The molecule has 0 spiro atoms. The van der Waals surface area contributed by atoms with E-state index >= 15 is 0 Å². The Kier molecular flexibility index (Phi) is 3.78. The maximum atomic E-state index is 13.0. The van der Waals surface area contributed by atoms with Crippen LogP contribution >= 0.6 is 0 Å². The smallest absolute Gasteiger partial charge is 0.203 e. The lowest BCUT2D eigenvalue weighted by Crippen LogP contribution is -2.32. The van der Waals surface area contributed by atoms with Crippen molar-refractivity contribution in [2.75, 3.05) is 32.2 Å². The van der Waals surface area contributed by atoms with Crippen molar-refractivity contribution in [3.63, 3.8) is 0 Å². The van der Waals surface area contributed by atoms with Crippen molar-refractivity contribution < 1.29 is 14.2 Å². The van der Waals surface area contributed by atoms with E-state index in [9.17, 15) is 9.50 Å². The number of halogens is 1. The van der Waals surface area contributed by atoms with Gasteiger partial charge in [-0.1, -0.05) is 0 Å². The van der Waals surface area contributed by atoms with Crippen LogP contribution in [0.2, 0.25) is 0 Å². The Morgan fingerprint density at radius 2 is 2.33 bits per heavy atom. The average Bonchev–Trinajstić information content (AvgIpc) is 2.72. The third-order valence-corrected chi connectivity index (χ3v) is 2.64. The van der Waals surface area contributed by atoms with Crippen LogP contribution in [0.5, 0.6) is 0 Å².